The van der Waals surface area contributed by atoms with Crippen molar-refractivity contribution in [1.29, 1.82) is 0 Å². The number of methoxy groups -OCH3 is 1. The minimum atomic E-state index is -0.225. The van der Waals surface area contributed by atoms with Gasteiger partial charge < -0.3 is 15.0 Å². The second-order valence-corrected chi connectivity index (χ2v) is 10.0. The Kier molecular flexibility index (Phi) is 6.05. The van der Waals surface area contributed by atoms with Crippen molar-refractivity contribution in [3.63, 3.8) is 0 Å². The van der Waals surface area contributed by atoms with Gasteiger partial charge in [-0.2, -0.15) is 0 Å². The number of benzene rings is 2. The number of likely N-dealkylation sites (N-methyl/N-ethyl adjacent to an activating group) is 1. The first-order chi connectivity index (χ1) is 15.1. The van der Waals surface area contributed by atoms with E-state index < -0.39 is 0 Å². The average Bonchev–Trinajstić information content (AvgIpc) is 3.08. The lowest BCUT2D eigenvalue weighted by Crippen LogP contribution is -2.42. The third-order valence-electron chi connectivity index (χ3n) is 5.66. The number of rotatable bonds is 3. The number of carbonyl (C=O) groups is 1. The van der Waals surface area contributed by atoms with Crippen molar-refractivity contribution in [2.75, 3.05) is 19.1 Å². The zero-order valence-corrected chi connectivity index (χ0v) is 20.7. The molecule has 8 heteroatoms. The maximum atomic E-state index is 12.6. The Balaban J connectivity index is 1.71. The van der Waals surface area contributed by atoms with Crippen LogP contribution in [-0.2, 0) is 4.79 Å². The van der Waals surface area contributed by atoms with E-state index in [0.29, 0.717) is 31.6 Å². The number of thioether (sulfide) groups is 1. The molecule has 2 aromatic carbocycles. The number of halogens is 2. The number of hydrogen-bond donors (Lipinski definition) is 1. The number of hydrogen-bond acceptors (Lipinski definition) is 5. The van der Waals surface area contributed by atoms with Gasteiger partial charge in [0.1, 0.15) is 5.75 Å². The van der Waals surface area contributed by atoms with Gasteiger partial charge in [0, 0.05) is 29.9 Å². The summed E-state index contributed by atoms with van der Waals surface area (Å²) in [6.07, 6.45) is 4.07. The van der Waals surface area contributed by atoms with Gasteiger partial charge in [-0.05, 0) is 62.4 Å². The Morgan fingerprint density at radius 3 is 2.72 bits per heavy atom. The van der Waals surface area contributed by atoms with Gasteiger partial charge in [0.15, 0.2) is 5.17 Å². The van der Waals surface area contributed by atoms with Crippen molar-refractivity contribution >= 4 is 69.1 Å². The predicted octanol–water partition coefficient (Wildman–Crippen LogP) is 6.53. The largest absolute Gasteiger partial charge is 0.496 e. The third kappa shape index (κ3) is 4.15. The molecule has 4 rings (SSSR count). The third-order valence-corrected chi connectivity index (χ3v) is 7.38. The molecule has 2 heterocycles. The molecule has 0 spiro atoms. The van der Waals surface area contributed by atoms with Gasteiger partial charge in [-0.15, -0.1) is 0 Å². The topological polar surface area (TPSA) is 53.9 Å². The van der Waals surface area contributed by atoms with Gasteiger partial charge in [0.2, 0.25) is 0 Å². The van der Waals surface area contributed by atoms with E-state index in [1.165, 1.54) is 17.3 Å². The van der Waals surface area contributed by atoms with Crippen LogP contribution in [-0.4, -0.2) is 30.8 Å². The van der Waals surface area contributed by atoms with Crippen LogP contribution in [0, 0.1) is 0 Å². The van der Waals surface area contributed by atoms with Crippen molar-refractivity contribution in [3.8, 4) is 5.75 Å². The van der Waals surface area contributed by atoms with E-state index in [1.54, 1.807) is 25.3 Å². The number of ether oxygens (including phenoxy) is 1. The van der Waals surface area contributed by atoms with Gasteiger partial charge in [-0.1, -0.05) is 35.3 Å². The fraction of sp³-hybridized carbons (Fsp3) is 0.250. The van der Waals surface area contributed by atoms with Crippen LogP contribution in [0.5, 0.6) is 5.75 Å². The molecule has 0 saturated carbocycles. The smallest absolute Gasteiger partial charge is 0.264 e. The maximum absolute atomic E-state index is 12.6. The summed E-state index contributed by atoms with van der Waals surface area (Å²) in [6.45, 7) is 6.45. The van der Waals surface area contributed by atoms with Gasteiger partial charge in [-0.3, -0.25) is 4.79 Å². The quantitative estimate of drug-likeness (QED) is 0.500. The molecule has 32 heavy (non-hydrogen) atoms. The first kappa shape index (κ1) is 22.8. The van der Waals surface area contributed by atoms with Gasteiger partial charge in [0.25, 0.3) is 5.91 Å². The molecule has 2 aliphatic heterocycles. The van der Waals surface area contributed by atoms with E-state index in [9.17, 15) is 4.79 Å². The Morgan fingerprint density at radius 2 is 2.00 bits per heavy atom. The number of nitrogens with one attached hydrogen (secondary N) is 1. The van der Waals surface area contributed by atoms with Crippen LogP contribution in [0.2, 0.25) is 10.0 Å². The highest BCUT2D eigenvalue weighted by Gasteiger charge is 2.30. The molecule has 0 bridgehead atoms. The number of allylic oxidation sites excluding steroid dienone is 1. The highest BCUT2D eigenvalue weighted by molar-refractivity contribution is 8.18. The first-order valence-corrected chi connectivity index (χ1v) is 11.6. The Morgan fingerprint density at radius 1 is 1.25 bits per heavy atom. The summed E-state index contributed by atoms with van der Waals surface area (Å²) in [6, 6.07) is 9.29. The second kappa shape index (κ2) is 8.50. The molecule has 166 valence electrons. The lowest BCUT2D eigenvalue weighted by Gasteiger charge is -2.41. The minimum Gasteiger partial charge on any atom is -0.496 e. The van der Waals surface area contributed by atoms with Crippen LogP contribution < -0.4 is 15.0 Å². The molecular formula is C24H23Cl2N3O2S. The van der Waals surface area contributed by atoms with Crippen molar-refractivity contribution in [2.24, 2.45) is 4.99 Å². The summed E-state index contributed by atoms with van der Waals surface area (Å²) >= 11 is 13.5. The first-order valence-electron chi connectivity index (χ1n) is 10.00. The number of amides is 1. The molecule has 1 N–H and O–H groups in total. The van der Waals surface area contributed by atoms with Gasteiger partial charge in [0.05, 0.1) is 33.3 Å². The molecule has 2 aliphatic rings. The van der Waals surface area contributed by atoms with E-state index in [2.05, 4.69) is 55.2 Å². The zero-order valence-electron chi connectivity index (χ0n) is 18.4. The standard InChI is InChI=1S/C24H23Cl2N3O2S/c1-13-12-24(2,3)29(4)18-11-19(31-5)14(9-15(13)18)10-20-22(30)28-23(32-20)27-17-8-6-7-16(25)21(17)26/h6-12H,1-5H3,(H,27,28,30)/b20-10+. The molecule has 5 nitrogen and oxygen atoms in total. The molecule has 0 aromatic heterocycles. The van der Waals surface area contributed by atoms with Crippen LogP contribution in [0.1, 0.15) is 31.9 Å². The normalized spacial score (nSPS) is 19.8. The summed E-state index contributed by atoms with van der Waals surface area (Å²) in [4.78, 5) is 19.8. The maximum Gasteiger partial charge on any atom is 0.264 e. The van der Waals surface area contributed by atoms with Crippen molar-refractivity contribution < 1.29 is 9.53 Å². The van der Waals surface area contributed by atoms with Gasteiger partial charge >= 0.3 is 0 Å². The van der Waals surface area contributed by atoms with Crippen molar-refractivity contribution in [3.05, 3.63) is 62.5 Å². The predicted molar refractivity (Wildman–Crippen MR) is 136 cm³/mol. The van der Waals surface area contributed by atoms with Crippen LogP contribution in [0.3, 0.4) is 0 Å². The average molecular weight is 488 g/mol. The molecule has 1 saturated heterocycles. The molecule has 0 aliphatic carbocycles. The van der Waals surface area contributed by atoms with Crippen LogP contribution in [0.15, 0.2) is 46.3 Å². The van der Waals surface area contributed by atoms with E-state index in [1.807, 2.05) is 12.1 Å². The molecule has 0 unspecified atom stereocenters. The Hall–Kier alpha value is -2.41. The molecular weight excluding hydrogens is 465 g/mol. The highest BCUT2D eigenvalue weighted by atomic mass is 35.5. The van der Waals surface area contributed by atoms with E-state index >= 15 is 0 Å². The number of carbonyl (C=O) groups excluding carboxylic acids is 1. The van der Waals surface area contributed by atoms with E-state index in [0.717, 1.165) is 16.8 Å². The summed E-state index contributed by atoms with van der Waals surface area (Å²) < 4.78 is 5.67. The number of aliphatic imine (C=N–C) groups is 1. The van der Waals surface area contributed by atoms with Crippen LogP contribution in [0.25, 0.3) is 11.6 Å². The SMILES string of the molecule is COc1cc2c(cc1/C=C1/SC(=Nc3cccc(Cl)c3Cl)NC1=O)C(C)=CC(C)(C)N2C. The zero-order chi connectivity index (χ0) is 23.2. The minimum absolute atomic E-state index is 0.101. The number of fused-ring (bicyclic) bond motifs is 1. The summed E-state index contributed by atoms with van der Waals surface area (Å²) in [5, 5.41) is 3.99. The molecule has 2 aromatic rings. The van der Waals surface area contributed by atoms with Crippen molar-refractivity contribution in [1.82, 2.24) is 5.32 Å². The number of nitrogens with zero attached hydrogens (tertiary/aromatic N) is 2. The van der Waals surface area contributed by atoms with Crippen molar-refractivity contribution in [2.45, 2.75) is 26.3 Å². The van der Waals surface area contributed by atoms with Gasteiger partial charge in [-0.25, -0.2) is 4.99 Å². The lowest BCUT2D eigenvalue weighted by molar-refractivity contribution is -0.115. The monoisotopic (exact) mass is 487 g/mol. The van der Waals surface area contributed by atoms with Crippen LogP contribution in [0.4, 0.5) is 11.4 Å². The van der Waals surface area contributed by atoms with Crippen LogP contribution >= 0.6 is 35.0 Å². The Labute approximate surface area is 202 Å². The van der Waals surface area contributed by atoms with E-state index in [-0.39, 0.29) is 11.4 Å². The Bertz CT molecular complexity index is 1220. The molecule has 1 amide bonds. The highest BCUT2D eigenvalue weighted by Crippen LogP contribution is 2.42. The second-order valence-electron chi connectivity index (χ2n) is 8.21. The summed E-state index contributed by atoms with van der Waals surface area (Å²) in [7, 11) is 3.71. The number of amidine groups is 1. The summed E-state index contributed by atoms with van der Waals surface area (Å²) in [5.41, 5.74) is 4.62. The molecule has 0 radical (unpaired) electrons. The molecule has 0 atom stereocenters. The van der Waals surface area contributed by atoms with E-state index in [4.69, 9.17) is 27.9 Å². The lowest BCUT2D eigenvalue weighted by atomic mass is 9.88. The fourth-order valence-electron chi connectivity index (χ4n) is 3.79. The fourth-order valence-corrected chi connectivity index (χ4v) is 4.96. The number of anilines is 1. The summed E-state index contributed by atoms with van der Waals surface area (Å²) in [5.74, 6) is 0.475. The molecule has 1 fully saturated rings.